The maximum atomic E-state index is 14.0. The van der Waals surface area contributed by atoms with Crippen LogP contribution in [-0.4, -0.2) is 17.0 Å². The van der Waals surface area contributed by atoms with Crippen molar-refractivity contribution in [1.82, 2.24) is 0 Å². The van der Waals surface area contributed by atoms with E-state index in [1.807, 2.05) is 0 Å². The SMILES string of the molecule is O=c1oc2ccc(F)cc2c(O)c1C(c1ccc2c(c1)OCO2)c1c(O)c2cc(F)ccc2oc1=O. The van der Waals surface area contributed by atoms with Gasteiger partial charge in [0.05, 0.1) is 27.8 Å². The number of benzene rings is 3. The zero-order valence-corrected chi connectivity index (χ0v) is 18.1. The molecule has 3 aromatic carbocycles. The molecule has 1 aliphatic heterocycles. The fourth-order valence-electron chi connectivity index (χ4n) is 4.43. The van der Waals surface area contributed by atoms with E-state index in [1.54, 1.807) is 0 Å². The summed E-state index contributed by atoms with van der Waals surface area (Å²) in [5, 5.41) is 22.0. The van der Waals surface area contributed by atoms with Crippen molar-refractivity contribution < 1.29 is 37.3 Å². The van der Waals surface area contributed by atoms with Crippen molar-refractivity contribution in [3.63, 3.8) is 0 Å². The van der Waals surface area contributed by atoms with E-state index in [4.69, 9.17) is 18.3 Å². The highest BCUT2D eigenvalue weighted by Gasteiger charge is 2.33. The van der Waals surface area contributed by atoms with Crippen LogP contribution in [0.25, 0.3) is 21.9 Å². The van der Waals surface area contributed by atoms with Crippen LogP contribution in [0.1, 0.15) is 22.6 Å². The molecule has 0 radical (unpaired) electrons. The maximum absolute atomic E-state index is 14.0. The molecule has 2 aromatic heterocycles. The number of rotatable bonds is 3. The van der Waals surface area contributed by atoms with Gasteiger partial charge in [-0.05, 0) is 54.1 Å². The van der Waals surface area contributed by atoms with Gasteiger partial charge in [-0.3, -0.25) is 0 Å². The second-order valence-electron chi connectivity index (χ2n) is 8.13. The molecule has 180 valence electrons. The summed E-state index contributed by atoms with van der Waals surface area (Å²) in [7, 11) is 0. The van der Waals surface area contributed by atoms with Gasteiger partial charge < -0.3 is 28.5 Å². The smallest absolute Gasteiger partial charge is 0.344 e. The third kappa shape index (κ3) is 3.26. The van der Waals surface area contributed by atoms with E-state index in [1.165, 1.54) is 30.3 Å². The predicted molar refractivity (Wildman–Crippen MR) is 122 cm³/mol. The van der Waals surface area contributed by atoms with E-state index in [2.05, 4.69) is 0 Å². The van der Waals surface area contributed by atoms with Gasteiger partial charge in [-0.2, -0.15) is 0 Å². The lowest BCUT2D eigenvalue weighted by atomic mass is 9.84. The molecule has 36 heavy (non-hydrogen) atoms. The van der Waals surface area contributed by atoms with Gasteiger partial charge in [0.1, 0.15) is 34.3 Å². The van der Waals surface area contributed by atoms with Crippen LogP contribution in [0.2, 0.25) is 0 Å². The van der Waals surface area contributed by atoms with Crippen LogP contribution >= 0.6 is 0 Å². The Bertz CT molecular complexity index is 1720. The van der Waals surface area contributed by atoms with Crippen LogP contribution in [0.4, 0.5) is 8.78 Å². The Morgan fingerprint density at radius 2 is 1.22 bits per heavy atom. The first-order valence-electron chi connectivity index (χ1n) is 10.6. The average molecular weight is 492 g/mol. The fourth-order valence-corrected chi connectivity index (χ4v) is 4.43. The molecule has 0 atom stereocenters. The van der Waals surface area contributed by atoms with Gasteiger partial charge in [-0.25, -0.2) is 18.4 Å². The van der Waals surface area contributed by atoms with E-state index < -0.39 is 51.4 Å². The maximum Gasteiger partial charge on any atom is 0.344 e. The molecule has 6 rings (SSSR count). The Hall–Kier alpha value is -4.86. The highest BCUT2D eigenvalue weighted by molar-refractivity contribution is 5.87. The summed E-state index contributed by atoms with van der Waals surface area (Å²) in [6.45, 7) is -0.0608. The lowest BCUT2D eigenvalue weighted by molar-refractivity contribution is 0.174. The predicted octanol–water partition coefficient (Wildman–Crippen LogP) is 4.50. The Morgan fingerprint density at radius 3 is 1.78 bits per heavy atom. The first kappa shape index (κ1) is 21.7. The summed E-state index contributed by atoms with van der Waals surface area (Å²) >= 11 is 0. The molecule has 0 fully saturated rings. The van der Waals surface area contributed by atoms with Gasteiger partial charge >= 0.3 is 11.3 Å². The van der Waals surface area contributed by atoms with Gasteiger partial charge in [-0.15, -0.1) is 0 Å². The van der Waals surface area contributed by atoms with Gasteiger partial charge in [-0.1, -0.05) is 6.07 Å². The normalized spacial score (nSPS) is 12.6. The van der Waals surface area contributed by atoms with Gasteiger partial charge in [0.25, 0.3) is 0 Å². The molecule has 2 N–H and O–H groups in total. The largest absolute Gasteiger partial charge is 0.507 e. The third-order valence-electron chi connectivity index (χ3n) is 6.06. The molecule has 0 saturated heterocycles. The Balaban J connectivity index is 1.72. The molecule has 0 amide bonds. The van der Waals surface area contributed by atoms with Crippen molar-refractivity contribution in [2.24, 2.45) is 0 Å². The zero-order valence-electron chi connectivity index (χ0n) is 18.1. The van der Waals surface area contributed by atoms with E-state index in [-0.39, 0.29) is 40.0 Å². The number of fused-ring (bicyclic) bond motifs is 3. The zero-order chi connectivity index (χ0) is 25.1. The minimum atomic E-state index is -1.48. The van der Waals surface area contributed by atoms with E-state index in [0.29, 0.717) is 5.75 Å². The van der Waals surface area contributed by atoms with E-state index in [0.717, 1.165) is 24.3 Å². The first-order valence-corrected chi connectivity index (χ1v) is 10.6. The van der Waals surface area contributed by atoms with Crippen LogP contribution in [0.3, 0.4) is 0 Å². The number of hydrogen-bond donors (Lipinski definition) is 2. The van der Waals surface area contributed by atoms with Crippen molar-refractivity contribution in [2.75, 3.05) is 6.79 Å². The fraction of sp³-hybridized carbons (Fsp3) is 0.0769. The highest BCUT2D eigenvalue weighted by Crippen LogP contribution is 2.44. The summed E-state index contributed by atoms with van der Waals surface area (Å²) in [6.07, 6.45) is 0. The van der Waals surface area contributed by atoms with Crippen LogP contribution in [0.15, 0.2) is 73.0 Å². The molecule has 0 saturated carbocycles. The topological polar surface area (TPSA) is 119 Å². The summed E-state index contributed by atoms with van der Waals surface area (Å²) in [5.41, 5.74) is -3.01. The molecular weight excluding hydrogens is 478 g/mol. The van der Waals surface area contributed by atoms with E-state index >= 15 is 0 Å². The van der Waals surface area contributed by atoms with Crippen molar-refractivity contribution in [3.8, 4) is 23.0 Å². The quantitative estimate of drug-likeness (QED) is 0.354. The second kappa shape index (κ2) is 7.84. The molecule has 0 aliphatic carbocycles. The lowest BCUT2D eigenvalue weighted by Crippen LogP contribution is -2.21. The van der Waals surface area contributed by atoms with Crippen molar-refractivity contribution >= 4 is 21.9 Å². The lowest BCUT2D eigenvalue weighted by Gasteiger charge is -2.20. The van der Waals surface area contributed by atoms with Crippen LogP contribution < -0.4 is 20.7 Å². The summed E-state index contributed by atoms with van der Waals surface area (Å²) in [5.74, 6) is -3.55. The Labute approximate surface area is 199 Å². The van der Waals surface area contributed by atoms with Gasteiger partial charge in [0, 0.05) is 0 Å². The van der Waals surface area contributed by atoms with Gasteiger partial charge in [0.15, 0.2) is 11.5 Å². The van der Waals surface area contributed by atoms with Crippen LogP contribution in [0.5, 0.6) is 23.0 Å². The first-order chi connectivity index (χ1) is 17.3. The van der Waals surface area contributed by atoms with Crippen LogP contribution in [0, 0.1) is 11.6 Å². The molecule has 1 aliphatic rings. The molecule has 8 nitrogen and oxygen atoms in total. The molecular formula is C26H14F2O8. The van der Waals surface area contributed by atoms with Crippen LogP contribution in [-0.2, 0) is 0 Å². The monoisotopic (exact) mass is 492 g/mol. The molecule has 5 aromatic rings. The number of aromatic hydroxyl groups is 2. The number of ether oxygens (including phenoxy) is 2. The molecule has 10 heteroatoms. The summed E-state index contributed by atoms with van der Waals surface area (Å²) in [4.78, 5) is 26.3. The average Bonchev–Trinajstić information content (AvgIpc) is 3.32. The minimum absolute atomic E-state index is 0.0608. The van der Waals surface area contributed by atoms with Crippen molar-refractivity contribution in [1.29, 1.82) is 0 Å². The highest BCUT2D eigenvalue weighted by atomic mass is 19.1. The molecule has 3 heterocycles. The van der Waals surface area contributed by atoms with Crippen molar-refractivity contribution in [3.05, 3.63) is 104 Å². The summed E-state index contributed by atoms with van der Waals surface area (Å²) < 4.78 is 49.3. The third-order valence-corrected chi connectivity index (χ3v) is 6.06. The molecule has 0 spiro atoms. The molecule has 0 unspecified atom stereocenters. The second-order valence-corrected chi connectivity index (χ2v) is 8.13. The number of halogens is 2. The Kier molecular flexibility index (Phi) is 4.72. The minimum Gasteiger partial charge on any atom is -0.507 e. The van der Waals surface area contributed by atoms with E-state index in [9.17, 15) is 28.6 Å². The Morgan fingerprint density at radius 1 is 0.694 bits per heavy atom. The van der Waals surface area contributed by atoms with Crippen molar-refractivity contribution in [2.45, 2.75) is 5.92 Å². The number of hydrogen-bond acceptors (Lipinski definition) is 8. The summed E-state index contributed by atoms with van der Waals surface area (Å²) in [6, 6.07) is 10.8. The molecule has 0 bridgehead atoms. The van der Waals surface area contributed by atoms with Gasteiger partial charge in [0.2, 0.25) is 6.79 Å². The standard InChI is InChI=1S/C26H14F2O8/c27-12-2-5-16-14(8-12)23(29)21(25(31)35-16)20(11-1-4-18-19(7-11)34-10-33-18)22-24(30)15-9-13(28)3-6-17(15)36-26(22)32/h1-9,20,29-30H,10H2.